The fraction of sp³-hybridized carbons (Fsp3) is 0.462. The van der Waals surface area contributed by atoms with Gasteiger partial charge in [0, 0.05) is 6.42 Å². The number of hydrogen-bond acceptors (Lipinski definition) is 4. The molecule has 0 heterocycles. The molecule has 18 heavy (non-hydrogen) atoms. The van der Waals surface area contributed by atoms with Gasteiger partial charge in [-0.05, 0) is 25.0 Å². The van der Waals surface area contributed by atoms with E-state index in [0.29, 0.717) is 18.6 Å². The number of carbonyl (C=O) groups excluding carboxylic acids is 1. The standard InChI is InChI=1S/C13H16O4S/c1-17-11-7-3-5-9-13(11)18(15,16)12-8-4-2-6-10(12)14/h3,5,7,9,12H,2,4,6,8H2,1H3. The third kappa shape index (κ3) is 2.27. The van der Waals surface area contributed by atoms with Crippen LogP contribution in [0.4, 0.5) is 0 Å². The van der Waals surface area contributed by atoms with Gasteiger partial charge in [0.05, 0.1) is 7.11 Å². The minimum absolute atomic E-state index is 0.118. The SMILES string of the molecule is COc1ccccc1S(=O)(=O)C1CCCCC1=O. The molecule has 0 radical (unpaired) electrons. The smallest absolute Gasteiger partial charge is 0.191 e. The van der Waals surface area contributed by atoms with Gasteiger partial charge in [0.2, 0.25) is 0 Å². The number of rotatable bonds is 3. The van der Waals surface area contributed by atoms with Crippen LogP contribution in [-0.2, 0) is 14.6 Å². The summed E-state index contributed by atoms with van der Waals surface area (Å²) in [7, 11) is -2.20. The Kier molecular flexibility index (Phi) is 3.71. The topological polar surface area (TPSA) is 60.4 Å². The Morgan fingerprint density at radius 1 is 1.22 bits per heavy atom. The van der Waals surface area contributed by atoms with Crippen LogP contribution >= 0.6 is 0 Å². The van der Waals surface area contributed by atoms with Gasteiger partial charge in [0.25, 0.3) is 0 Å². The van der Waals surface area contributed by atoms with E-state index in [9.17, 15) is 13.2 Å². The summed E-state index contributed by atoms with van der Waals surface area (Å²) in [5.41, 5.74) is 0. The van der Waals surface area contributed by atoms with Crippen molar-refractivity contribution in [1.82, 2.24) is 0 Å². The number of ketones is 1. The van der Waals surface area contributed by atoms with Crippen molar-refractivity contribution in [2.24, 2.45) is 0 Å². The molecule has 98 valence electrons. The number of Topliss-reactive ketones (excluding diaryl/α,β-unsaturated/α-hetero) is 1. The van der Waals surface area contributed by atoms with Gasteiger partial charge in [0.15, 0.2) is 15.6 Å². The highest BCUT2D eigenvalue weighted by molar-refractivity contribution is 7.93. The number of methoxy groups -OCH3 is 1. The van der Waals surface area contributed by atoms with E-state index >= 15 is 0 Å². The van der Waals surface area contributed by atoms with Gasteiger partial charge in [-0.25, -0.2) is 8.42 Å². The first-order chi connectivity index (χ1) is 8.57. The van der Waals surface area contributed by atoms with Crippen LogP contribution in [-0.4, -0.2) is 26.6 Å². The minimum Gasteiger partial charge on any atom is -0.495 e. The first-order valence-corrected chi connectivity index (χ1v) is 7.51. The Hall–Kier alpha value is -1.36. The molecule has 1 unspecified atom stereocenters. The molecular weight excluding hydrogens is 252 g/mol. The van der Waals surface area contributed by atoms with Crippen LogP contribution in [0, 0.1) is 0 Å². The van der Waals surface area contributed by atoms with E-state index in [-0.39, 0.29) is 10.7 Å². The molecule has 2 rings (SSSR count). The summed E-state index contributed by atoms with van der Waals surface area (Å²) in [5, 5.41) is -0.900. The zero-order chi connectivity index (χ0) is 13.2. The summed E-state index contributed by atoms with van der Waals surface area (Å²) in [5.74, 6) is 0.128. The first-order valence-electron chi connectivity index (χ1n) is 5.97. The highest BCUT2D eigenvalue weighted by Crippen LogP contribution is 2.31. The van der Waals surface area contributed by atoms with Crippen molar-refractivity contribution in [2.75, 3.05) is 7.11 Å². The lowest BCUT2D eigenvalue weighted by Crippen LogP contribution is -2.33. The summed E-state index contributed by atoms with van der Waals surface area (Å²) in [6.07, 6.45) is 2.35. The second-order valence-corrected chi connectivity index (χ2v) is 6.50. The van der Waals surface area contributed by atoms with Gasteiger partial charge in [-0.2, -0.15) is 0 Å². The average Bonchev–Trinajstić information content (AvgIpc) is 2.39. The van der Waals surface area contributed by atoms with Crippen LogP contribution < -0.4 is 4.74 Å². The molecule has 0 aliphatic heterocycles. The van der Waals surface area contributed by atoms with E-state index in [1.807, 2.05) is 0 Å². The zero-order valence-corrected chi connectivity index (χ0v) is 11.1. The summed E-state index contributed by atoms with van der Waals surface area (Å²) in [6.45, 7) is 0. The summed E-state index contributed by atoms with van der Waals surface area (Å²) in [4.78, 5) is 11.9. The lowest BCUT2D eigenvalue weighted by Gasteiger charge is -2.21. The molecule has 1 saturated carbocycles. The maximum Gasteiger partial charge on any atom is 0.191 e. The molecule has 1 aromatic rings. The summed E-state index contributed by atoms with van der Waals surface area (Å²) < 4.78 is 30.0. The van der Waals surface area contributed by atoms with E-state index in [1.165, 1.54) is 13.2 Å². The monoisotopic (exact) mass is 268 g/mol. The van der Waals surface area contributed by atoms with Gasteiger partial charge in [-0.3, -0.25) is 4.79 Å². The van der Waals surface area contributed by atoms with Gasteiger partial charge in [0.1, 0.15) is 15.9 Å². The Morgan fingerprint density at radius 2 is 1.94 bits per heavy atom. The van der Waals surface area contributed by atoms with Crippen molar-refractivity contribution in [3.8, 4) is 5.75 Å². The van der Waals surface area contributed by atoms with Crippen molar-refractivity contribution in [3.63, 3.8) is 0 Å². The molecule has 0 amide bonds. The largest absolute Gasteiger partial charge is 0.495 e. The molecule has 0 saturated heterocycles. The van der Waals surface area contributed by atoms with Crippen LogP contribution in [0.5, 0.6) is 5.75 Å². The normalized spacial score (nSPS) is 20.7. The highest BCUT2D eigenvalue weighted by atomic mass is 32.2. The molecule has 0 bridgehead atoms. The van der Waals surface area contributed by atoms with Crippen molar-refractivity contribution >= 4 is 15.6 Å². The predicted octanol–water partition coefficient (Wildman–Crippen LogP) is 1.98. The van der Waals surface area contributed by atoms with Crippen molar-refractivity contribution in [2.45, 2.75) is 35.8 Å². The maximum absolute atomic E-state index is 12.5. The van der Waals surface area contributed by atoms with Crippen molar-refractivity contribution < 1.29 is 17.9 Å². The molecule has 0 spiro atoms. The number of para-hydroxylation sites is 1. The second-order valence-electron chi connectivity index (χ2n) is 4.40. The highest BCUT2D eigenvalue weighted by Gasteiger charge is 2.36. The summed E-state index contributed by atoms with van der Waals surface area (Å²) >= 11 is 0. The maximum atomic E-state index is 12.5. The van der Waals surface area contributed by atoms with Gasteiger partial charge in [-0.15, -0.1) is 0 Å². The first kappa shape index (κ1) is 13.1. The minimum atomic E-state index is -3.63. The fourth-order valence-electron chi connectivity index (χ4n) is 2.29. The molecule has 5 heteroatoms. The molecule has 0 aromatic heterocycles. The third-order valence-electron chi connectivity index (χ3n) is 3.25. The number of sulfone groups is 1. The number of hydrogen-bond donors (Lipinski definition) is 0. The van der Waals surface area contributed by atoms with Crippen LogP contribution in [0.15, 0.2) is 29.2 Å². The molecule has 4 nitrogen and oxygen atoms in total. The number of carbonyl (C=O) groups is 1. The van der Waals surface area contributed by atoms with E-state index in [2.05, 4.69) is 0 Å². The zero-order valence-electron chi connectivity index (χ0n) is 10.3. The quantitative estimate of drug-likeness (QED) is 0.841. The van der Waals surface area contributed by atoms with Gasteiger partial charge < -0.3 is 4.74 Å². The van der Waals surface area contributed by atoms with E-state index in [4.69, 9.17) is 4.74 Å². The molecule has 1 aliphatic rings. The van der Waals surface area contributed by atoms with Crippen molar-refractivity contribution in [3.05, 3.63) is 24.3 Å². The Balaban J connectivity index is 2.44. The van der Waals surface area contributed by atoms with E-state index in [0.717, 1.165) is 12.8 Å². The molecule has 1 aliphatic carbocycles. The van der Waals surface area contributed by atoms with E-state index < -0.39 is 15.1 Å². The van der Waals surface area contributed by atoms with Crippen LogP contribution in [0.1, 0.15) is 25.7 Å². The Morgan fingerprint density at radius 3 is 2.61 bits per heavy atom. The van der Waals surface area contributed by atoms with Crippen LogP contribution in [0.25, 0.3) is 0 Å². The molecule has 1 atom stereocenters. The van der Waals surface area contributed by atoms with E-state index in [1.54, 1.807) is 18.2 Å². The van der Waals surface area contributed by atoms with Crippen molar-refractivity contribution in [1.29, 1.82) is 0 Å². The lowest BCUT2D eigenvalue weighted by atomic mass is 9.99. The molecule has 1 fully saturated rings. The number of ether oxygens (including phenoxy) is 1. The lowest BCUT2D eigenvalue weighted by molar-refractivity contribution is -0.119. The van der Waals surface area contributed by atoms with Gasteiger partial charge >= 0.3 is 0 Å². The third-order valence-corrected chi connectivity index (χ3v) is 5.45. The molecular formula is C13H16O4S. The summed E-state index contributed by atoms with van der Waals surface area (Å²) in [6, 6.07) is 6.44. The number of benzene rings is 1. The Labute approximate surface area is 107 Å². The second kappa shape index (κ2) is 5.10. The van der Waals surface area contributed by atoms with Crippen LogP contribution in [0.3, 0.4) is 0 Å². The predicted molar refractivity (Wildman–Crippen MR) is 67.4 cm³/mol. The molecule has 0 N–H and O–H groups in total. The van der Waals surface area contributed by atoms with Crippen LogP contribution in [0.2, 0.25) is 0 Å². The Bertz CT molecular complexity index is 548. The molecule has 1 aromatic carbocycles. The average molecular weight is 268 g/mol. The fourth-order valence-corrected chi connectivity index (χ4v) is 4.23. The van der Waals surface area contributed by atoms with Gasteiger partial charge in [-0.1, -0.05) is 18.6 Å².